The van der Waals surface area contributed by atoms with Gasteiger partial charge in [-0.2, -0.15) is 0 Å². The van der Waals surface area contributed by atoms with E-state index < -0.39 is 18.0 Å². The standard InChI is InChI=1S/C30H38O6/c1-23(16-18-25-11-6-4-7-12-25)17-19-27(31)14-9-15-28(32)20-24(2)10-5-3-8-13-26(21-29(33)34)22-30(35)36/h3-4,6-12,14,16,21,28,32H,5,13,15,17-20,22H2,1-2H3,(H,33,34)(H,35,36). The maximum atomic E-state index is 12.1. The van der Waals surface area contributed by atoms with E-state index in [1.807, 2.05) is 44.2 Å². The lowest BCUT2D eigenvalue weighted by atomic mass is 10.0. The Hall–Kier alpha value is -3.51. The van der Waals surface area contributed by atoms with Crippen LogP contribution >= 0.6 is 0 Å². The summed E-state index contributed by atoms with van der Waals surface area (Å²) in [6.45, 7) is 3.95. The fourth-order valence-corrected chi connectivity index (χ4v) is 3.46. The number of allylic oxidation sites excluding steroid dienone is 6. The van der Waals surface area contributed by atoms with Crippen LogP contribution in [0.25, 0.3) is 0 Å². The fraction of sp³-hybridized carbons (Fsp3) is 0.367. The molecule has 194 valence electrons. The Morgan fingerprint density at radius 3 is 2.31 bits per heavy atom. The fourth-order valence-electron chi connectivity index (χ4n) is 3.46. The second-order valence-corrected chi connectivity index (χ2v) is 8.88. The number of carboxylic acid groups (broad SMARTS) is 2. The minimum Gasteiger partial charge on any atom is -0.481 e. The minimum absolute atomic E-state index is 0.0475. The molecule has 1 unspecified atom stereocenters. The number of aliphatic carboxylic acids is 2. The first-order valence-electron chi connectivity index (χ1n) is 12.2. The molecule has 0 heterocycles. The predicted octanol–water partition coefficient (Wildman–Crippen LogP) is 5.99. The number of benzene rings is 1. The molecular formula is C30H38O6. The zero-order valence-electron chi connectivity index (χ0n) is 21.2. The Kier molecular flexibility index (Phi) is 15.1. The lowest BCUT2D eigenvalue weighted by molar-refractivity contribution is -0.136. The molecule has 0 amide bonds. The van der Waals surface area contributed by atoms with E-state index in [2.05, 4.69) is 18.2 Å². The Morgan fingerprint density at radius 2 is 1.64 bits per heavy atom. The van der Waals surface area contributed by atoms with Gasteiger partial charge in [0.15, 0.2) is 5.78 Å². The van der Waals surface area contributed by atoms with Crippen molar-refractivity contribution in [3.05, 3.63) is 95.1 Å². The van der Waals surface area contributed by atoms with Gasteiger partial charge in [-0.05, 0) is 69.6 Å². The van der Waals surface area contributed by atoms with E-state index in [-0.39, 0.29) is 18.6 Å². The smallest absolute Gasteiger partial charge is 0.328 e. The van der Waals surface area contributed by atoms with Gasteiger partial charge < -0.3 is 15.3 Å². The molecule has 0 aliphatic heterocycles. The van der Waals surface area contributed by atoms with Crippen molar-refractivity contribution < 1.29 is 29.7 Å². The molecule has 6 heteroatoms. The Morgan fingerprint density at radius 1 is 0.917 bits per heavy atom. The van der Waals surface area contributed by atoms with Gasteiger partial charge in [0, 0.05) is 12.5 Å². The molecule has 0 bridgehead atoms. The quantitative estimate of drug-likeness (QED) is 0.181. The lowest BCUT2D eigenvalue weighted by Gasteiger charge is -2.08. The van der Waals surface area contributed by atoms with E-state index in [1.165, 1.54) is 11.1 Å². The van der Waals surface area contributed by atoms with Gasteiger partial charge >= 0.3 is 11.9 Å². The molecular weight excluding hydrogens is 456 g/mol. The van der Waals surface area contributed by atoms with Crippen molar-refractivity contribution in [1.29, 1.82) is 0 Å². The number of carbonyl (C=O) groups excluding carboxylic acids is 1. The number of aliphatic hydroxyl groups excluding tert-OH is 1. The maximum Gasteiger partial charge on any atom is 0.328 e. The average molecular weight is 495 g/mol. The molecule has 0 saturated carbocycles. The summed E-state index contributed by atoms with van der Waals surface area (Å²) in [6, 6.07) is 10.2. The van der Waals surface area contributed by atoms with E-state index in [1.54, 1.807) is 18.2 Å². The van der Waals surface area contributed by atoms with Crippen LogP contribution in [0, 0.1) is 0 Å². The van der Waals surface area contributed by atoms with Crippen molar-refractivity contribution in [2.45, 2.75) is 71.3 Å². The largest absolute Gasteiger partial charge is 0.481 e. The summed E-state index contributed by atoms with van der Waals surface area (Å²) in [5, 5.41) is 27.9. The number of hydrogen-bond donors (Lipinski definition) is 3. The van der Waals surface area contributed by atoms with Crippen molar-refractivity contribution >= 4 is 17.7 Å². The van der Waals surface area contributed by atoms with Gasteiger partial charge in [0.1, 0.15) is 0 Å². The summed E-state index contributed by atoms with van der Waals surface area (Å²) in [7, 11) is 0. The van der Waals surface area contributed by atoms with E-state index >= 15 is 0 Å². The highest BCUT2D eigenvalue weighted by atomic mass is 16.4. The van der Waals surface area contributed by atoms with Gasteiger partial charge in [0.05, 0.1) is 12.5 Å². The van der Waals surface area contributed by atoms with Crippen molar-refractivity contribution in [2.24, 2.45) is 0 Å². The first-order chi connectivity index (χ1) is 17.2. The van der Waals surface area contributed by atoms with Crippen LogP contribution in [-0.2, 0) is 20.8 Å². The monoisotopic (exact) mass is 494 g/mol. The highest BCUT2D eigenvalue weighted by Gasteiger charge is 2.05. The second-order valence-electron chi connectivity index (χ2n) is 8.88. The van der Waals surface area contributed by atoms with E-state index in [9.17, 15) is 19.5 Å². The van der Waals surface area contributed by atoms with Crippen LogP contribution in [0.2, 0.25) is 0 Å². The van der Waals surface area contributed by atoms with Crippen LogP contribution < -0.4 is 0 Å². The Labute approximate surface area is 214 Å². The molecule has 0 aliphatic rings. The molecule has 1 rings (SSSR count). The summed E-state index contributed by atoms with van der Waals surface area (Å²) in [5.41, 5.74) is 3.75. The molecule has 0 fully saturated rings. The predicted molar refractivity (Wildman–Crippen MR) is 143 cm³/mol. The molecule has 3 N–H and O–H groups in total. The molecule has 1 atom stereocenters. The molecule has 0 aliphatic carbocycles. The van der Waals surface area contributed by atoms with Gasteiger partial charge in [0.25, 0.3) is 0 Å². The van der Waals surface area contributed by atoms with Gasteiger partial charge in [-0.25, -0.2) is 4.79 Å². The van der Waals surface area contributed by atoms with Crippen molar-refractivity contribution in [3.63, 3.8) is 0 Å². The van der Waals surface area contributed by atoms with Crippen LogP contribution in [0.3, 0.4) is 0 Å². The summed E-state index contributed by atoms with van der Waals surface area (Å²) < 4.78 is 0. The highest BCUT2D eigenvalue weighted by molar-refractivity contribution is 5.89. The molecule has 1 aromatic carbocycles. The average Bonchev–Trinajstić information content (AvgIpc) is 2.81. The third kappa shape index (κ3) is 16.2. The van der Waals surface area contributed by atoms with Gasteiger partial charge in [-0.15, -0.1) is 0 Å². The summed E-state index contributed by atoms with van der Waals surface area (Å²) >= 11 is 0. The van der Waals surface area contributed by atoms with Gasteiger partial charge in [-0.1, -0.05) is 71.9 Å². The van der Waals surface area contributed by atoms with E-state index in [0.717, 1.165) is 24.5 Å². The summed E-state index contributed by atoms with van der Waals surface area (Å²) in [4.78, 5) is 33.7. The number of aliphatic hydroxyl groups is 1. The normalized spacial score (nSPS) is 13.9. The molecule has 36 heavy (non-hydrogen) atoms. The molecule has 0 saturated heterocycles. The number of rotatable bonds is 17. The first kappa shape index (κ1) is 30.5. The first-order valence-corrected chi connectivity index (χ1v) is 12.2. The summed E-state index contributed by atoms with van der Waals surface area (Å²) in [5.74, 6) is -2.18. The number of ketones is 1. The van der Waals surface area contributed by atoms with E-state index in [0.29, 0.717) is 31.3 Å². The Bertz CT molecular complexity index is 996. The van der Waals surface area contributed by atoms with Crippen LogP contribution in [0.1, 0.15) is 64.4 Å². The lowest BCUT2D eigenvalue weighted by Crippen LogP contribution is -2.05. The van der Waals surface area contributed by atoms with Crippen LogP contribution in [0.4, 0.5) is 0 Å². The van der Waals surface area contributed by atoms with Crippen LogP contribution in [0.15, 0.2) is 89.6 Å². The van der Waals surface area contributed by atoms with Crippen LogP contribution in [0.5, 0.6) is 0 Å². The zero-order valence-corrected chi connectivity index (χ0v) is 21.2. The molecule has 0 radical (unpaired) electrons. The van der Waals surface area contributed by atoms with E-state index in [4.69, 9.17) is 10.2 Å². The molecule has 0 aromatic heterocycles. The SMILES string of the molecule is CC(=CCc1ccccc1)CCC(=O)C=CCC(O)CC(C)=CCC=CCC(=CC(=O)O)CC(=O)O. The number of hydrogen-bond acceptors (Lipinski definition) is 4. The van der Waals surface area contributed by atoms with Crippen molar-refractivity contribution in [1.82, 2.24) is 0 Å². The number of carbonyl (C=O) groups is 3. The molecule has 1 aromatic rings. The van der Waals surface area contributed by atoms with Crippen molar-refractivity contribution in [2.75, 3.05) is 0 Å². The Balaban J connectivity index is 2.32. The maximum absolute atomic E-state index is 12.1. The molecule has 6 nitrogen and oxygen atoms in total. The highest BCUT2D eigenvalue weighted by Crippen LogP contribution is 2.12. The minimum atomic E-state index is -1.16. The number of carboxylic acids is 2. The third-order valence-corrected chi connectivity index (χ3v) is 5.42. The van der Waals surface area contributed by atoms with Crippen LogP contribution in [-0.4, -0.2) is 39.1 Å². The van der Waals surface area contributed by atoms with Crippen molar-refractivity contribution in [3.8, 4) is 0 Å². The van der Waals surface area contributed by atoms with Gasteiger partial charge in [-0.3, -0.25) is 9.59 Å². The van der Waals surface area contributed by atoms with Gasteiger partial charge in [0.2, 0.25) is 0 Å². The second kappa shape index (κ2) is 17.9. The molecule has 0 spiro atoms. The zero-order chi connectivity index (χ0) is 26.8. The topological polar surface area (TPSA) is 112 Å². The summed E-state index contributed by atoms with van der Waals surface area (Å²) in [6.07, 6.45) is 14.8. The third-order valence-electron chi connectivity index (χ3n) is 5.42.